The van der Waals surface area contributed by atoms with Gasteiger partial charge in [-0.05, 0) is 56.5 Å². The SMILES string of the molecule is CC(C)n1ccnc1NCCN1CCC(Nc2nc3ccccc3n2Cc2ccc(F)cc2)CC1. The number of anilines is 2. The summed E-state index contributed by atoms with van der Waals surface area (Å²) in [6.45, 7) is 8.97. The number of benzene rings is 2. The second-order valence-corrected chi connectivity index (χ2v) is 9.58. The molecule has 1 aliphatic heterocycles. The number of imidazole rings is 2. The summed E-state index contributed by atoms with van der Waals surface area (Å²) >= 11 is 0. The van der Waals surface area contributed by atoms with E-state index < -0.39 is 0 Å². The Bertz CT molecular complexity index is 1240. The number of halogens is 1. The van der Waals surface area contributed by atoms with Crippen molar-refractivity contribution in [1.29, 1.82) is 0 Å². The van der Waals surface area contributed by atoms with Crippen molar-refractivity contribution in [3.63, 3.8) is 0 Å². The van der Waals surface area contributed by atoms with Crippen LogP contribution in [0.1, 0.15) is 38.3 Å². The molecule has 0 saturated carbocycles. The lowest BCUT2D eigenvalue weighted by Crippen LogP contribution is -2.41. The molecule has 4 aromatic rings. The minimum Gasteiger partial charge on any atom is -0.354 e. The molecule has 0 spiro atoms. The predicted molar refractivity (Wildman–Crippen MR) is 139 cm³/mol. The number of piperidine rings is 1. The first kappa shape index (κ1) is 23.4. The molecule has 2 aromatic heterocycles. The summed E-state index contributed by atoms with van der Waals surface area (Å²) in [6.07, 6.45) is 6.01. The quantitative estimate of drug-likeness (QED) is 0.357. The Kier molecular flexibility index (Phi) is 6.99. The van der Waals surface area contributed by atoms with Gasteiger partial charge in [0.1, 0.15) is 5.82 Å². The summed E-state index contributed by atoms with van der Waals surface area (Å²) in [4.78, 5) is 11.8. The van der Waals surface area contributed by atoms with Crippen LogP contribution in [0.3, 0.4) is 0 Å². The zero-order valence-electron chi connectivity index (χ0n) is 20.5. The minimum absolute atomic E-state index is 0.213. The highest BCUT2D eigenvalue weighted by Crippen LogP contribution is 2.24. The van der Waals surface area contributed by atoms with Crippen molar-refractivity contribution in [3.8, 4) is 0 Å². The number of fused-ring (bicyclic) bond motifs is 1. The van der Waals surface area contributed by atoms with E-state index >= 15 is 0 Å². The minimum atomic E-state index is -0.213. The van der Waals surface area contributed by atoms with Gasteiger partial charge < -0.3 is 24.7 Å². The third kappa shape index (κ3) is 5.48. The standard InChI is InChI=1S/C27H34FN7/c1-20(2)34-18-14-30-26(34)29-13-17-33-15-11-23(12-16-33)31-27-32-24-5-3-4-6-25(24)35(27)19-21-7-9-22(28)10-8-21/h3-10,14,18,20,23H,11-13,15-17,19H2,1-2H3,(H,29,30)(H,31,32). The number of rotatable bonds is 9. The maximum atomic E-state index is 13.4. The van der Waals surface area contributed by atoms with Gasteiger partial charge in [0.2, 0.25) is 11.9 Å². The van der Waals surface area contributed by atoms with Crippen molar-refractivity contribution in [2.75, 3.05) is 36.8 Å². The normalized spacial score (nSPS) is 15.2. The molecule has 8 heteroatoms. The molecule has 3 heterocycles. The molecule has 0 atom stereocenters. The highest BCUT2D eigenvalue weighted by molar-refractivity contribution is 5.78. The molecule has 1 fully saturated rings. The summed E-state index contributed by atoms with van der Waals surface area (Å²) < 4.78 is 17.8. The first-order valence-corrected chi connectivity index (χ1v) is 12.5. The average Bonchev–Trinajstić information content (AvgIpc) is 3.47. The molecule has 2 aromatic carbocycles. The van der Waals surface area contributed by atoms with E-state index in [4.69, 9.17) is 4.98 Å². The molecule has 1 saturated heterocycles. The van der Waals surface area contributed by atoms with Crippen LogP contribution < -0.4 is 10.6 Å². The zero-order chi connectivity index (χ0) is 24.2. The molecule has 7 nitrogen and oxygen atoms in total. The topological polar surface area (TPSA) is 62.9 Å². The Balaban J connectivity index is 1.18. The molecule has 5 rings (SSSR count). The van der Waals surface area contributed by atoms with Crippen molar-refractivity contribution >= 4 is 22.9 Å². The summed E-state index contributed by atoms with van der Waals surface area (Å²) in [7, 11) is 0. The van der Waals surface area contributed by atoms with Crippen LogP contribution in [0.5, 0.6) is 0 Å². The largest absolute Gasteiger partial charge is 0.354 e. The Morgan fingerprint density at radius 3 is 2.57 bits per heavy atom. The number of likely N-dealkylation sites (tertiary alicyclic amines) is 1. The van der Waals surface area contributed by atoms with E-state index in [0.29, 0.717) is 18.6 Å². The Morgan fingerprint density at radius 1 is 1.03 bits per heavy atom. The lowest BCUT2D eigenvalue weighted by Gasteiger charge is -2.32. The number of hydrogen-bond acceptors (Lipinski definition) is 5. The van der Waals surface area contributed by atoms with Crippen LogP contribution >= 0.6 is 0 Å². The smallest absolute Gasteiger partial charge is 0.204 e. The Hall–Kier alpha value is -3.39. The first-order chi connectivity index (χ1) is 17.1. The molecule has 1 aliphatic rings. The van der Waals surface area contributed by atoms with Crippen molar-refractivity contribution < 1.29 is 4.39 Å². The molecule has 184 valence electrons. The summed E-state index contributed by atoms with van der Waals surface area (Å²) in [6, 6.07) is 15.7. The fourth-order valence-electron chi connectivity index (χ4n) is 4.79. The van der Waals surface area contributed by atoms with Gasteiger partial charge >= 0.3 is 0 Å². The number of para-hydroxylation sites is 2. The van der Waals surface area contributed by atoms with Gasteiger partial charge in [-0.2, -0.15) is 0 Å². The molecule has 2 N–H and O–H groups in total. The molecular weight excluding hydrogens is 441 g/mol. The summed E-state index contributed by atoms with van der Waals surface area (Å²) in [5, 5.41) is 7.19. The number of aromatic nitrogens is 4. The first-order valence-electron chi connectivity index (χ1n) is 12.5. The van der Waals surface area contributed by atoms with Crippen LogP contribution in [0, 0.1) is 5.82 Å². The van der Waals surface area contributed by atoms with Crippen molar-refractivity contribution in [3.05, 3.63) is 72.3 Å². The van der Waals surface area contributed by atoms with Gasteiger partial charge in [0.15, 0.2) is 0 Å². The third-order valence-electron chi connectivity index (χ3n) is 6.77. The highest BCUT2D eigenvalue weighted by atomic mass is 19.1. The van der Waals surface area contributed by atoms with E-state index in [1.54, 1.807) is 0 Å². The molecule has 0 unspecified atom stereocenters. The van der Waals surface area contributed by atoms with Crippen LogP contribution in [0.2, 0.25) is 0 Å². The third-order valence-corrected chi connectivity index (χ3v) is 6.77. The van der Waals surface area contributed by atoms with Crippen molar-refractivity contribution in [1.82, 2.24) is 24.0 Å². The second-order valence-electron chi connectivity index (χ2n) is 9.58. The van der Waals surface area contributed by atoms with Crippen LogP contribution in [0.4, 0.5) is 16.3 Å². The van der Waals surface area contributed by atoms with Crippen LogP contribution in [-0.4, -0.2) is 56.2 Å². The molecule has 35 heavy (non-hydrogen) atoms. The lowest BCUT2D eigenvalue weighted by molar-refractivity contribution is 0.226. The van der Waals surface area contributed by atoms with Gasteiger partial charge in [-0.1, -0.05) is 24.3 Å². The van der Waals surface area contributed by atoms with E-state index in [1.165, 1.54) is 12.1 Å². The van der Waals surface area contributed by atoms with Gasteiger partial charge in [0, 0.05) is 50.7 Å². The van der Waals surface area contributed by atoms with E-state index in [1.807, 2.05) is 42.7 Å². The van der Waals surface area contributed by atoms with Gasteiger partial charge in [-0.25, -0.2) is 14.4 Å². The zero-order valence-corrected chi connectivity index (χ0v) is 20.5. The van der Waals surface area contributed by atoms with E-state index in [2.05, 4.69) is 49.6 Å². The summed E-state index contributed by atoms with van der Waals surface area (Å²) in [5.41, 5.74) is 3.11. The fraction of sp³-hybridized carbons (Fsp3) is 0.407. The van der Waals surface area contributed by atoms with Gasteiger partial charge in [-0.15, -0.1) is 0 Å². The van der Waals surface area contributed by atoms with E-state index in [0.717, 1.165) is 67.5 Å². The van der Waals surface area contributed by atoms with Crippen LogP contribution in [0.15, 0.2) is 60.9 Å². The molecule has 0 amide bonds. The molecule has 0 radical (unpaired) electrons. The van der Waals surface area contributed by atoms with Crippen molar-refractivity contribution in [2.45, 2.75) is 45.3 Å². The molecule has 0 aliphatic carbocycles. The van der Waals surface area contributed by atoms with Gasteiger partial charge in [-0.3, -0.25) is 0 Å². The fourth-order valence-corrected chi connectivity index (χ4v) is 4.79. The maximum absolute atomic E-state index is 13.4. The second kappa shape index (κ2) is 10.5. The van der Waals surface area contributed by atoms with Gasteiger partial charge in [0.25, 0.3) is 0 Å². The highest BCUT2D eigenvalue weighted by Gasteiger charge is 2.21. The van der Waals surface area contributed by atoms with Crippen LogP contribution in [-0.2, 0) is 6.54 Å². The molecular formula is C27H34FN7. The monoisotopic (exact) mass is 475 g/mol. The number of hydrogen-bond donors (Lipinski definition) is 2. The molecule has 0 bridgehead atoms. The predicted octanol–water partition coefficient (Wildman–Crippen LogP) is 4.99. The number of nitrogens with zero attached hydrogens (tertiary/aromatic N) is 5. The maximum Gasteiger partial charge on any atom is 0.204 e. The lowest BCUT2D eigenvalue weighted by atomic mass is 10.1. The van der Waals surface area contributed by atoms with E-state index in [9.17, 15) is 4.39 Å². The summed E-state index contributed by atoms with van der Waals surface area (Å²) in [5.74, 6) is 1.61. The number of nitrogens with one attached hydrogen (secondary N) is 2. The van der Waals surface area contributed by atoms with Crippen molar-refractivity contribution in [2.24, 2.45) is 0 Å². The Labute approximate surface area is 206 Å². The van der Waals surface area contributed by atoms with Gasteiger partial charge in [0.05, 0.1) is 17.6 Å². The average molecular weight is 476 g/mol. The van der Waals surface area contributed by atoms with Crippen LogP contribution in [0.25, 0.3) is 11.0 Å². The Morgan fingerprint density at radius 2 is 1.80 bits per heavy atom. The van der Waals surface area contributed by atoms with E-state index in [-0.39, 0.29) is 5.82 Å².